The smallest absolute Gasteiger partial charge is 0.274 e. The molecular formula is C11H16N4O3. The van der Waals surface area contributed by atoms with Crippen LogP contribution in [0.5, 0.6) is 0 Å². The van der Waals surface area contributed by atoms with Crippen LogP contribution in [-0.2, 0) is 0 Å². The van der Waals surface area contributed by atoms with E-state index >= 15 is 0 Å². The topological polar surface area (TPSA) is 114 Å². The van der Waals surface area contributed by atoms with Crippen LogP contribution in [0, 0.1) is 0 Å². The average molecular weight is 252 g/mol. The molecule has 0 bridgehead atoms. The first kappa shape index (κ1) is 12.4. The van der Waals surface area contributed by atoms with E-state index in [0.29, 0.717) is 12.8 Å². The number of amides is 1. The number of oxime groups is 1. The van der Waals surface area contributed by atoms with Crippen molar-refractivity contribution in [3.63, 3.8) is 0 Å². The van der Waals surface area contributed by atoms with Gasteiger partial charge in [0.2, 0.25) is 0 Å². The minimum atomic E-state index is -0.775. The summed E-state index contributed by atoms with van der Waals surface area (Å²) in [6.45, 7) is 0. The lowest BCUT2D eigenvalue weighted by atomic mass is 9.80. The molecule has 7 nitrogen and oxygen atoms in total. The summed E-state index contributed by atoms with van der Waals surface area (Å²) in [7, 11) is 0. The van der Waals surface area contributed by atoms with Gasteiger partial charge in [0.25, 0.3) is 5.91 Å². The van der Waals surface area contributed by atoms with Gasteiger partial charge < -0.3 is 20.8 Å². The molecule has 0 saturated heterocycles. The van der Waals surface area contributed by atoms with Crippen molar-refractivity contribution in [1.82, 2.24) is 10.5 Å². The van der Waals surface area contributed by atoms with Crippen molar-refractivity contribution < 1.29 is 14.5 Å². The minimum Gasteiger partial charge on any atom is -0.409 e. The first-order chi connectivity index (χ1) is 8.68. The fraction of sp³-hybridized carbons (Fsp3) is 0.545. The molecule has 1 aromatic heterocycles. The van der Waals surface area contributed by atoms with Crippen molar-refractivity contribution in [3.8, 4) is 0 Å². The number of carbonyl (C=O) groups is 1. The van der Waals surface area contributed by atoms with Gasteiger partial charge >= 0.3 is 0 Å². The molecule has 98 valence electrons. The molecule has 1 aliphatic rings. The van der Waals surface area contributed by atoms with Gasteiger partial charge in [0, 0.05) is 6.07 Å². The SMILES string of the molecule is NC(=NO)C1(NC(=O)c2ccon2)CCCCC1. The number of carbonyl (C=O) groups excluding carboxylic acids is 1. The van der Waals surface area contributed by atoms with Gasteiger partial charge in [0.1, 0.15) is 11.8 Å². The van der Waals surface area contributed by atoms with Crippen LogP contribution < -0.4 is 11.1 Å². The Balaban J connectivity index is 2.18. The average Bonchev–Trinajstić information content (AvgIpc) is 2.93. The van der Waals surface area contributed by atoms with Crippen molar-refractivity contribution in [2.45, 2.75) is 37.6 Å². The maximum atomic E-state index is 12.0. The molecule has 0 aliphatic heterocycles. The molecule has 0 unspecified atom stereocenters. The Morgan fingerprint density at radius 2 is 2.22 bits per heavy atom. The van der Waals surface area contributed by atoms with Crippen molar-refractivity contribution >= 4 is 11.7 Å². The summed E-state index contributed by atoms with van der Waals surface area (Å²) >= 11 is 0. The predicted molar refractivity (Wildman–Crippen MR) is 63.2 cm³/mol. The van der Waals surface area contributed by atoms with Gasteiger partial charge in [-0.2, -0.15) is 0 Å². The summed E-state index contributed by atoms with van der Waals surface area (Å²) in [4.78, 5) is 12.0. The van der Waals surface area contributed by atoms with E-state index in [2.05, 4.69) is 20.2 Å². The summed E-state index contributed by atoms with van der Waals surface area (Å²) in [6.07, 6.45) is 5.58. The largest absolute Gasteiger partial charge is 0.409 e. The molecule has 1 aliphatic carbocycles. The second kappa shape index (κ2) is 5.07. The Bertz CT molecular complexity index is 435. The standard InChI is InChI=1S/C11H16N4O3/c12-10(14-17)11(5-2-1-3-6-11)13-9(16)8-4-7-18-15-8/h4,7,17H,1-3,5-6H2,(H2,12,14)(H,13,16). The number of nitrogens with zero attached hydrogens (tertiary/aromatic N) is 2. The lowest BCUT2D eigenvalue weighted by Gasteiger charge is -2.36. The van der Waals surface area contributed by atoms with Crippen molar-refractivity contribution in [3.05, 3.63) is 18.0 Å². The lowest BCUT2D eigenvalue weighted by molar-refractivity contribution is 0.0896. The summed E-state index contributed by atoms with van der Waals surface area (Å²) in [6, 6.07) is 1.47. The molecule has 1 saturated carbocycles. The third kappa shape index (κ3) is 2.29. The first-order valence-electron chi connectivity index (χ1n) is 5.89. The Kier molecular flexibility index (Phi) is 3.50. The molecule has 0 radical (unpaired) electrons. The number of nitrogens with two attached hydrogens (primary N) is 1. The normalized spacial score (nSPS) is 19.4. The monoisotopic (exact) mass is 252 g/mol. The van der Waals surface area contributed by atoms with Gasteiger partial charge in [-0.15, -0.1) is 0 Å². The fourth-order valence-electron chi connectivity index (χ4n) is 2.31. The van der Waals surface area contributed by atoms with E-state index in [-0.39, 0.29) is 17.4 Å². The zero-order chi connectivity index (χ0) is 13.0. The van der Waals surface area contributed by atoms with Crippen LogP contribution in [-0.4, -0.2) is 27.6 Å². The first-order valence-corrected chi connectivity index (χ1v) is 5.89. The van der Waals surface area contributed by atoms with E-state index in [1.807, 2.05) is 0 Å². The molecule has 0 aromatic carbocycles. The zero-order valence-corrected chi connectivity index (χ0v) is 9.93. The van der Waals surface area contributed by atoms with Crippen LogP contribution in [0.3, 0.4) is 0 Å². The lowest BCUT2D eigenvalue weighted by Crippen LogP contribution is -2.58. The number of hydrogen-bond donors (Lipinski definition) is 3. The van der Waals surface area contributed by atoms with Crippen LogP contribution in [0.15, 0.2) is 22.0 Å². The molecule has 4 N–H and O–H groups in total. The molecule has 0 spiro atoms. The van der Waals surface area contributed by atoms with E-state index in [9.17, 15) is 4.79 Å². The number of rotatable bonds is 3. The maximum Gasteiger partial charge on any atom is 0.274 e. The predicted octanol–water partition coefficient (Wildman–Crippen LogP) is 0.854. The third-order valence-electron chi connectivity index (χ3n) is 3.33. The third-order valence-corrected chi connectivity index (χ3v) is 3.33. The van der Waals surface area contributed by atoms with Gasteiger partial charge in [-0.25, -0.2) is 0 Å². The number of amidine groups is 1. The molecule has 7 heteroatoms. The number of nitrogens with one attached hydrogen (secondary N) is 1. The second-order valence-corrected chi connectivity index (χ2v) is 4.47. The van der Waals surface area contributed by atoms with E-state index in [0.717, 1.165) is 19.3 Å². The van der Waals surface area contributed by atoms with Crippen molar-refractivity contribution in [1.29, 1.82) is 0 Å². The van der Waals surface area contributed by atoms with E-state index in [1.54, 1.807) is 0 Å². The van der Waals surface area contributed by atoms with E-state index < -0.39 is 5.54 Å². The Morgan fingerprint density at radius 3 is 2.78 bits per heavy atom. The summed E-state index contributed by atoms with van der Waals surface area (Å²) in [5.74, 6) is -0.337. The maximum absolute atomic E-state index is 12.0. The van der Waals surface area contributed by atoms with Crippen molar-refractivity contribution in [2.75, 3.05) is 0 Å². The van der Waals surface area contributed by atoms with Crippen LogP contribution in [0.4, 0.5) is 0 Å². The van der Waals surface area contributed by atoms with Crippen LogP contribution in [0.2, 0.25) is 0 Å². The highest BCUT2D eigenvalue weighted by molar-refractivity contribution is 5.99. The number of hydrogen-bond acceptors (Lipinski definition) is 5. The Hall–Kier alpha value is -2.05. The summed E-state index contributed by atoms with van der Waals surface area (Å²) in [5, 5.41) is 18.3. The molecule has 1 heterocycles. The fourth-order valence-corrected chi connectivity index (χ4v) is 2.31. The number of aromatic nitrogens is 1. The van der Waals surface area contributed by atoms with Crippen LogP contribution >= 0.6 is 0 Å². The summed E-state index contributed by atoms with van der Waals surface area (Å²) in [5.41, 5.74) is 5.14. The van der Waals surface area contributed by atoms with Crippen LogP contribution in [0.25, 0.3) is 0 Å². The Labute approximate surface area is 104 Å². The molecule has 1 amide bonds. The van der Waals surface area contributed by atoms with E-state index in [4.69, 9.17) is 10.9 Å². The highest BCUT2D eigenvalue weighted by Crippen LogP contribution is 2.28. The molecule has 1 aromatic rings. The molecular weight excluding hydrogens is 236 g/mol. The molecule has 0 atom stereocenters. The Morgan fingerprint density at radius 1 is 1.50 bits per heavy atom. The van der Waals surface area contributed by atoms with Gasteiger partial charge in [0.05, 0.1) is 0 Å². The van der Waals surface area contributed by atoms with Gasteiger partial charge in [-0.05, 0) is 12.8 Å². The van der Waals surface area contributed by atoms with Crippen molar-refractivity contribution in [2.24, 2.45) is 10.9 Å². The molecule has 18 heavy (non-hydrogen) atoms. The highest BCUT2D eigenvalue weighted by Gasteiger charge is 2.38. The second-order valence-electron chi connectivity index (χ2n) is 4.47. The highest BCUT2D eigenvalue weighted by atomic mass is 16.5. The van der Waals surface area contributed by atoms with Gasteiger partial charge in [0.15, 0.2) is 11.5 Å². The van der Waals surface area contributed by atoms with E-state index in [1.165, 1.54) is 12.3 Å². The van der Waals surface area contributed by atoms with Crippen LogP contribution in [0.1, 0.15) is 42.6 Å². The minimum absolute atomic E-state index is 0.0408. The summed E-state index contributed by atoms with van der Waals surface area (Å²) < 4.78 is 4.62. The van der Waals surface area contributed by atoms with Gasteiger partial charge in [-0.1, -0.05) is 29.6 Å². The zero-order valence-electron chi connectivity index (χ0n) is 9.93. The quantitative estimate of drug-likeness (QED) is 0.319. The van der Waals surface area contributed by atoms with Gasteiger partial charge in [-0.3, -0.25) is 4.79 Å². The molecule has 1 fully saturated rings. The molecule has 2 rings (SSSR count).